The molecular weight excluding hydrogens is 338 g/mol. The summed E-state index contributed by atoms with van der Waals surface area (Å²) < 4.78 is 5.82. The summed E-state index contributed by atoms with van der Waals surface area (Å²) in [6.45, 7) is 2.62. The van der Waals surface area contributed by atoms with Gasteiger partial charge in [-0.2, -0.15) is 10.1 Å². The first-order valence-electron chi connectivity index (χ1n) is 9.35. The molecule has 6 heteroatoms. The molecule has 3 aromatic rings. The molecule has 0 radical (unpaired) electrons. The Labute approximate surface area is 159 Å². The Morgan fingerprint density at radius 3 is 2.48 bits per heavy atom. The number of benzene rings is 2. The molecule has 0 aliphatic carbocycles. The van der Waals surface area contributed by atoms with Gasteiger partial charge in [-0.3, -0.25) is 0 Å². The summed E-state index contributed by atoms with van der Waals surface area (Å²) in [5, 5.41) is 11.4. The van der Waals surface area contributed by atoms with Crippen molar-refractivity contribution in [3.8, 4) is 5.75 Å². The lowest BCUT2D eigenvalue weighted by atomic mass is 10.1. The molecule has 0 bridgehead atoms. The number of nitrogens with zero attached hydrogens (tertiary/aromatic N) is 4. The maximum atomic E-state index is 5.82. The molecule has 27 heavy (non-hydrogen) atoms. The fourth-order valence-corrected chi connectivity index (χ4v) is 3.13. The van der Waals surface area contributed by atoms with E-state index in [0.717, 1.165) is 35.9 Å². The van der Waals surface area contributed by atoms with Crippen LogP contribution in [0.15, 0.2) is 60.8 Å². The molecule has 0 saturated carbocycles. The van der Waals surface area contributed by atoms with Gasteiger partial charge in [-0.1, -0.05) is 30.3 Å². The summed E-state index contributed by atoms with van der Waals surface area (Å²) in [6.07, 6.45) is 5.43. The van der Waals surface area contributed by atoms with Crippen molar-refractivity contribution < 1.29 is 4.74 Å². The summed E-state index contributed by atoms with van der Waals surface area (Å²) in [5.41, 5.74) is 2.05. The van der Waals surface area contributed by atoms with Crippen molar-refractivity contribution in [1.29, 1.82) is 0 Å². The van der Waals surface area contributed by atoms with Gasteiger partial charge in [-0.05, 0) is 49.1 Å². The van der Waals surface area contributed by atoms with Gasteiger partial charge in [0.25, 0.3) is 0 Å². The molecule has 1 aromatic heterocycles. The summed E-state index contributed by atoms with van der Waals surface area (Å²) in [5.74, 6) is 2.22. The quantitative estimate of drug-likeness (QED) is 0.710. The van der Waals surface area contributed by atoms with E-state index >= 15 is 0 Å². The first-order valence-corrected chi connectivity index (χ1v) is 9.35. The highest BCUT2D eigenvalue weighted by Gasteiger charge is 2.13. The number of ether oxygens (including phenoxy) is 1. The van der Waals surface area contributed by atoms with E-state index in [4.69, 9.17) is 4.74 Å². The number of aromatic nitrogens is 3. The molecule has 138 valence electrons. The third kappa shape index (κ3) is 4.73. The zero-order chi connectivity index (χ0) is 18.3. The van der Waals surface area contributed by atoms with Crippen LogP contribution in [0.4, 0.5) is 17.5 Å². The average Bonchev–Trinajstić information content (AvgIpc) is 2.75. The van der Waals surface area contributed by atoms with E-state index in [1.807, 2.05) is 42.5 Å². The van der Waals surface area contributed by atoms with Gasteiger partial charge in [0.05, 0.1) is 6.20 Å². The molecule has 6 nitrogen and oxygen atoms in total. The van der Waals surface area contributed by atoms with Crippen molar-refractivity contribution in [1.82, 2.24) is 15.2 Å². The highest BCUT2D eigenvalue weighted by atomic mass is 16.5. The third-order valence-electron chi connectivity index (χ3n) is 4.58. The minimum absolute atomic E-state index is 0.510. The molecule has 1 aliphatic heterocycles. The second-order valence-corrected chi connectivity index (χ2v) is 6.61. The third-order valence-corrected chi connectivity index (χ3v) is 4.58. The summed E-state index contributed by atoms with van der Waals surface area (Å²) in [4.78, 5) is 6.87. The van der Waals surface area contributed by atoms with E-state index < -0.39 is 0 Å². The van der Waals surface area contributed by atoms with Crippen LogP contribution in [-0.4, -0.2) is 28.3 Å². The lowest BCUT2D eigenvalue weighted by Crippen LogP contribution is -2.30. The molecule has 2 heterocycles. The van der Waals surface area contributed by atoms with Crippen LogP contribution in [0.1, 0.15) is 24.8 Å². The van der Waals surface area contributed by atoms with Crippen molar-refractivity contribution in [3.63, 3.8) is 0 Å². The molecule has 0 atom stereocenters. The Bertz CT molecular complexity index is 848. The number of hydrogen-bond acceptors (Lipinski definition) is 6. The van der Waals surface area contributed by atoms with Gasteiger partial charge in [0.1, 0.15) is 12.4 Å². The molecule has 2 aromatic carbocycles. The van der Waals surface area contributed by atoms with E-state index in [9.17, 15) is 0 Å². The smallest absolute Gasteiger partial charge is 0.249 e. The van der Waals surface area contributed by atoms with Gasteiger partial charge >= 0.3 is 0 Å². The van der Waals surface area contributed by atoms with Crippen LogP contribution in [0.3, 0.4) is 0 Å². The van der Waals surface area contributed by atoms with Crippen molar-refractivity contribution in [2.24, 2.45) is 0 Å². The minimum atomic E-state index is 0.510. The lowest BCUT2D eigenvalue weighted by molar-refractivity contribution is 0.306. The zero-order valence-electron chi connectivity index (χ0n) is 15.2. The molecule has 1 saturated heterocycles. The Balaban J connectivity index is 1.37. The lowest BCUT2D eigenvalue weighted by Gasteiger charge is -2.27. The van der Waals surface area contributed by atoms with E-state index in [1.165, 1.54) is 19.3 Å². The first-order chi connectivity index (χ1) is 13.4. The summed E-state index contributed by atoms with van der Waals surface area (Å²) in [7, 11) is 0. The number of hydrogen-bond donors (Lipinski definition) is 1. The van der Waals surface area contributed by atoms with Gasteiger partial charge < -0.3 is 15.0 Å². The molecule has 4 rings (SSSR count). The van der Waals surface area contributed by atoms with Gasteiger partial charge in [0.15, 0.2) is 5.82 Å². The number of rotatable bonds is 6. The van der Waals surface area contributed by atoms with E-state index in [0.29, 0.717) is 12.6 Å². The normalized spacial score (nSPS) is 14.0. The average molecular weight is 361 g/mol. The van der Waals surface area contributed by atoms with Crippen molar-refractivity contribution in [2.45, 2.75) is 25.9 Å². The molecule has 1 N–H and O–H groups in total. The van der Waals surface area contributed by atoms with Crippen LogP contribution in [0.2, 0.25) is 0 Å². The van der Waals surface area contributed by atoms with Crippen molar-refractivity contribution in [3.05, 3.63) is 66.4 Å². The first kappa shape index (κ1) is 17.3. The van der Waals surface area contributed by atoms with E-state index in [1.54, 1.807) is 6.20 Å². The second-order valence-electron chi connectivity index (χ2n) is 6.61. The van der Waals surface area contributed by atoms with Gasteiger partial charge in [0, 0.05) is 18.8 Å². The highest BCUT2D eigenvalue weighted by molar-refractivity contribution is 5.55. The Hall–Kier alpha value is -3.15. The van der Waals surface area contributed by atoms with Crippen LogP contribution < -0.4 is 15.0 Å². The highest BCUT2D eigenvalue weighted by Crippen LogP contribution is 2.21. The predicted octanol–water partition coefficient (Wildman–Crippen LogP) is 4.18. The number of anilines is 3. The maximum absolute atomic E-state index is 5.82. The van der Waals surface area contributed by atoms with Crippen LogP contribution in [-0.2, 0) is 6.61 Å². The summed E-state index contributed by atoms with van der Waals surface area (Å²) in [6, 6.07) is 17.9. The van der Waals surface area contributed by atoms with Crippen LogP contribution in [0.5, 0.6) is 5.75 Å². The van der Waals surface area contributed by atoms with Crippen LogP contribution in [0.25, 0.3) is 0 Å². The van der Waals surface area contributed by atoms with Gasteiger partial charge in [-0.15, -0.1) is 5.10 Å². The predicted molar refractivity (Wildman–Crippen MR) is 106 cm³/mol. The number of piperidine rings is 1. The van der Waals surface area contributed by atoms with E-state index in [2.05, 4.69) is 37.5 Å². The molecular formula is C21H23N5O. The summed E-state index contributed by atoms with van der Waals surface area (Å²) >= 11 is 0. The topological polar surface area (TPSA) is 63.2 Å². The Kier molecular flexibility index (Phi) is 5.43. The fraction of sp³-hybridized carbons (Fsp3) is 0.286. The molecule has 0 spiro atoms. The fourth-order valence-electron chi connectivity index (χ4n) is 3.13. The van der Waals surface area contributed by atoms with E-state index in [-0.39, 0.29) is 0 Å². The largest absolute Gasteiger partial charge is 0.489 e. The molecule has 1 fully saturated rings. The standard InChI is InChI=1S/C21H23N5O/c1-3-7-17(8-4-1)16-27-19-11-9-18(10-12-19)23-21-24-20(15-22-25-21)26-13-5-2-6-14-26/h1,3-4,7-12,15H,2,5-6,13-14,16H2,(H,23,24,25). The zero-order valence-corrected chi connectivity index (χ0v) is 15.2. The minimum Gasteiger partial charge on any atom is -0.489 e. The van der Waals surface area contributed by atoms with Gasteiger partial charge in [0.2, 0.25) is 5.95 Å². The number of nitrogens with one attached hydrogen (secondary N) is 1. The monoisotopic (exact) mass is 361 g/mol. The van der Waals surface area contributed by atoms with Crippen LogP contribution >= 0.6 is 0 Å². The maximum Gasteiger partial charge on any atom is 0.249 e. The van der Waals surface area contributed by atoms with Crippen LogP contribution in [0, 0.1) is 0 Å². The van der Waals surface area contributed by atoms with Crippen molar-refractivity contribution in [2.75, 3.05) is 23.3 Å². The molecule has 0 unspecified atom stereocenters. The molecule has 1 aliphatic rings. The Morgan fingerprint density at radius 2 is 1.70 bits per heavy atom. The Morgan fingerprint density at radius 1 is 0.926 bits per heavy atom. The SMILES string of the molecule is c1ccc(COc2ccc(Nc3nncc(N4CCCCC4)n3)cc2)cc1. The second kappa shape index (κ2) is 8.49. The molecule has 0 amide bonds. The van der Waals surface area contributed by atoms with Gasteiger partial charge in [-0.25, -0.2) is 0 Å². The van der Waals surface area contributed by atoms with Crippen molar-refractivity contribution >= 4 is 17.5 Å².